The number of rotatable bonds is 2. The number of terminal acetylenes is 1. The second-order valence-corrected chi connectivity index (χ2v) is 3.81. The molecular formula is C13H14O. The van der Waals surface area contributed by atoms with Crippen molar-refractivity contribution < 1.29 is 5.11 Å². The predicted octanol–water partition coefficient (Wildman–Crippen LogP) is 2.23. The minimum atomic E-state index is -0.495. The maximum atomic E-state index is 9.71. The average Bonchev–Trinajstić information content (AvgIpc) is 2.64. The molecule has 1 aliphatic rings. The molecule has 72 valence electrons. The van der Waals surface area contributed by atoms with E-state index in [2.05, 4.69) is 18.1 Å². The molecule has 1 aromatic rings. The molecule has 1 atom stereocenters. The van der Waals surface area contributed by atoms with Crippen LogP contribution in [-0.4, -0.2) is 5.11 Å². The van der Waals surface area contributed by atoms with E-state index in [9.17, 15) is 5.11 Å². The minimum absolute atomic E-state index is 0.402. The largest absolute Gasteiger partial charge is 0.387 e. The first-order valence-electron chi connectivity index (χ1n) is 5.04. The van der Waals surface area contributed by atoms with Crippen molar-refractivity contribution in [3.05, 3.63) is 34.9 Å². The number of hydrogen-bond acceptors (Lipinski definition) is 1. The normalized spacial score (nSPS) is 16.0. The fraction of sp³-hybridized carbons (Fsp3) is 0.385. The van der Waals surface area contributed by atoms with Crippen molar-refractivity contribution in [2.75, 3.05) is 0 Å². The quantitative estimate of drug-likeness (QED) is 0.702. The van der Waals surface area contributed by atoms with Gasteiger partial charge in [0.25, 0.3) is 0 Å². The summed E-state index contributed by atoms with van der Waals surface area (Å²) in [4.78, 5) is 0. The van der Waals surface area contributed by atoms with Gasteiger partial charge < -0.3 is 5.11 Å². The first kappa shape index (κ1) is 9.30. The average molecular weight is 186 g/mol. The van der Waals surface area contributed by atoms with Gasteiger partial charge in [0.2, 0.25) is 0 Å². The molecule has 0 bridgehead atoms. The Morgan fingerprint density at radius 3 is 2.93 bits per heavy atom. The number of aliphatic hydroxyl groups is 1. The molecule has 0 amide bonds. The first-order chi connectivity index (χ1) is 6.81. The van der Waals surface area contributed by atoms with E-state index in [1.54, 1.807) is 0 Å². The van der Waals surface area contributed by atoms with Gasteiger partial charge in [0.1, 0.15) is 0 Å². The molecule has 0 saturated carbocycles. The Morgan fingerprint density at radius 2 is 2.14 bits per heavy atom. The van der Waals surface area contributed by atoms with Gasteiger partial charge in [0.15, 0.2) is 0 Å². The van der Waals surface area contributed by atoms with Gasteiger partial charge in [-0.1, -0.05) is 18.2 Å². The maximum Gasteiger partial charge on any atom is 0.0899 e. The van der Waals surface area contributed by atoms with Gasteiger partial charge >= 0.3 is 0 Å². The highest BCUT2D eigenvalue weighted by atomic mass is 16.3. The molecule has 2 rings (SSSR count). The third kappa shape index (κ3) is 1.66. The molecule has 0 heterocycles. The molecule has 0 fully saturated rings. The van der Waals surface area contributed by atoms with Crippen LogP contribution in [0, 0.1) is 12.3 Å². The molecule has 1 N–H and O–H groups in total. The molecule has 0 aromatic heterocycles. The van der Waals surface area contributed by atoms with Gasteiger partial charge in [0, 0.05) is 6.42 Å². The number of aliphatic hydroxyl groups excluding tert-OH is 1. The fourth-order valence-electron chi connectivity index (χ4n) is 2.03. The van der Waals surface area contributed by atoms with Crippen molar-refractivity contribution >= 4 is 0 Å². The predicted molar refractivity (Wildman–Crippen MR) is 56.9 cm³/mol. The summed E-state index contributed by atoms with van der Waals surface area (Å²) in [5.41, 5.74) is 3.78. The lowest BCUT2D eigenvalue weighted by molar-refractivity contribution is 0.184. The summed E-state index contributed by atoms with van der Waals surface area (Å²) in [5.74, 6) is 2.48. The Kier molecular flexibility index (Phi) is 2.56. The van der Waals surface area contributed by atoms with Crippen molar-refractivity contribution in [1.82, 2.24) is 0 Å². The van der Waals surface area contributed by atoms with Crippen LogP contribution in [0.5, 0.6) is 0 Å². The number of fused-ring (bicyclic) bond motifs is 1. The summed E-state index contributed by atoms with van der Waals surface area (Å²) in [6, 6.07) is 6.22. The van der Waals surface area contributed by atoms with Crippen LogP contribution >= 0.6 is 0 Å². The van der Waals surface area contributed by atoms with E-state index in [1.807, 2.05) is 6.07 Å². The summed E-state index contributed by atoms with van der Waals surface area (Å²) in [6.45, 7) is 0. The van der Waals surface area contributed by atoms with E-state index in [1.165, 1.54) is 24.0 Å². The van der Waals surface area contributed by atoms with Crippen LogP contribution < -0.4 is 0 Å². The maximum absolute atomic E-state index is 9.71. The van der Waals surface area contributed by atoms with E-state index in [-0.39, 0.29) is 0 Å². The summed E-state index contributed by atoms with van der Waals surface area (Å²) in [5, 5.41) is 9.71. The third-order valence-corrected chi connectivity index (χ3v) is 2.82. The van der Waals surface area contributed by atoms with E-state index in [0.29, 0.717) is 6.42 Å². The van der Waals surface area contributed by atoms with Crippen LogP contribution in [0.3, 0.4) is 0 Å². The summed E-state index contributed by atoms with van der Waals surface area (Å²) < 4.78 is 0. The van der Waals surface area contributed by atoms with Gasteiger partial charge in [-0.25, -0.2) is 0 Å². The highest BCUT2D eigenvalue weighted by Gasteiger charge is 2.13. The Bertz CT molecular complexity index is 373. The standard InChI is InChI=1S/C13H14O/c1-2-4-13(14)12-8-7-10-5-3-6-11(10)9-12/h1,7-9,13-14H,3-6H2. The van der Waals surface area contributed by atoms with Gasteiger partial charge in [-0.3, -0.25) is 0 Å². The molecule has 1 nitrogen and oxygen atoms in total. The molecule has 0 spiro atoms. The van der Waals surface area contributed by atoms with Crippen molar-refractivity contribution in [3.63, 3.8) is 0 Å². The summed E-state index contributed by atoms with van der Waals surface area (Å²) in [7, 11) is 0. The lowest BCUT2D eigenvalue weighted by Gasteiger charge is -2.09. The minimum Gasteiger partial charge on any atom is -0.387 e. The lowest BCUT2D eigenvalue weighted by Crippen LogP contribution is -1.97. The molecular weight excluding hydrogens is 172 g/mol. The number of hydrogen-bond donors (Lipinski definition) is 1. The Hall–Kier alpha value is -1.26. The van der Waals surface area contributed by atoms with Crippen molar-refractivity contribution in [3.8, 4) is 12.3 Å². The molecule has 0 aliphatic heterocycles. The van der Waals surface area contributed by atoms with Crippen LogP contribution in [0.2, 0.25) is 0 Å². The number of benzene rings is 1. The number of aryl methyl sites for hydroxylation is 2. The SMILES string of the molecule is C#CCC(O)c1ccc2c(c1)CCC2. The summed E-state index contributed by atoms with van der Waals surface area (Å²) in [6.07, 6.45) is 8.64. The molecule has 0 saturated heterocycles. The second-order valence-electron chi connectivity index (χ2n) is 3.81. The topological polar surface area (TPSA) is 20.2 Å². The van der Waals surface area contributed by atoms with Gasteiger partial charge in [-0.15, -0.1) is 12.3 Å². The van der Waals surface area contributed by atoms with Crippen molar-refractivity contribution in [2.24, 2.45) is 0 Å². The zero-order valence-corrected chi connectivity index (χ0v) is 8.16. The molecule has 1 aliphatic carbocycles. The van der Waals surface area contributed by atoms with Gasteiger partial charge in [-0.2, -0.15) is 0 Å². The second kappa shape index (κ2) is 3.86. The lowest BCUT2D eigenvalue weighted by atomic mass is 10.0. The molecule has 0 radical (unpaired) electrons. The van der Waals surface area contributed by atoms with Crippen molar-refractivity contribution in [1.29, 1.82) is 0 Å². The zero-order chi connectivity index (χ0) is 9.97. The first-order valence-corrected chi connectivity index (χ1v) is 5.04. The van der Waals surface area contributed by atoms with Gasteiger partial charge in [-0.05, 0) is 36.0 Å². The molecule has 1 heteroatoms. The molecule has 14 heavy (non-hydrogen) atoms. The van der Waals surface area contributed by atoms with Crippen molar-refractivity contribution in [2.45, 2.75) is 31.8 Å². The van der Waals surface area contributed by atoms with E-state index >= 15 is 0 Å². The van der Waals surface area contributed by atoms with Crippen LogP contribution in [0.25, 0.3) is 0 Å². The monoisotopic (exact) mass is 186 g/mol. The Balaban J connectivity index is 2.25. The Labute approximate surface area is 84.8 Å². The smallest absolute Gasteiger partial charge is 0.0899 e. The molecule has 1 aromatic carbocycles. The van der Waals surface area contributed by atoms with E-state index in [0.717, 1.165) is 12.0 Å². The van der Waals surface area contributed by atoms with Gasteiger partial charge in [0.05, 0.1) is 6.10 Å². The highest BCUT2D eigenvalue weighted by Crippen LogP contribution is 2.26. The zero-order valence-electron chi connectivity index (χ0n) is 8.16. The van der Waals surface area contributed by atoms with E-state index in [4.69, 9.17) is 6.42 Å². The van der Waals surface area contributed by atoms with Crippen LogP contribution in [-0.2, 0) is 12.8 Å². The summed E-state index contributed by atoms with van der Waals surface area (Å²) >= 11 is 0. The highest BCUT2D eigenvalue weighted by molar-refractivity contribution is 5.36. The fourth-order valence-corrected chi connectivity index (χ4v) is 2.03. The Morgan fingerprint density at radius 1 is 1.36 bits per heavy atom. The van der Waals surface area contributed by atoms with Crippen LogP contribution in [0.15, 0.2) is 18.2 Å². The van der Waals surface area contributed by atoms with Crippen LogP contribution in [0.4, 0.5) is 0 Å². The van der Waals surface area contributed by atoms with Crippen LogP contribution in [0.1, 0.15) is 35.6 Å². The third-order valence-electron chi connectivity index (χ3n) is 2.82. The molecule has 1 unspecified atom stereocenters. The van der Waals surface area contributed by atoms with E-state index < -0.39 is 6.10 Å².